The topological polar surface area (TPSA) is 58.6 Å². The Morgan fingerprint density at radius 2 is 1.95 bits per heavy atom. The molecule has 2 amide bonds. The number of anilines is 1. The molecule has 0 bridgehead atoms. The molecule has 118 valence electrons. The standard InChI is InChI=1S/C16H20N2O3S/c1-2-21-15(19)8-5-13-3-6-14(7-4-13)17-16(20)18-9-11-22-12-10-18/h3-8H,2,9-12H2,1H3,(H,17,20)/b8-5+. The van der Waals surface area contributed by atoms with Gasteiger partial charge in [-0.1, -0.05) is 12.1 Å². The second-order valence-electron chi connectivity index (χ2n) is 4.74. The first-order valence-corrected chi connectivity index (χ1v) is 8.43. The van der Waals surface area contributed by atoms with E-state index >= 15 is 0 Å². The number of hydrogen-bond donors (Lipinski definition) is 1. The minimum Gasteiger partial charge on any atom is -0.463 e. The van der Waals surface area contributed by atoms with Gasteiger partial charge in [0.05, 0.1) is 6.61 Å². The van der Waals surface area contributed by atoms with E-state index < -0.39 is 0 Å². The van der Waals surface area contributed by atoms with E-state index in [-0.39, 0.29) is 12.0 Å². The maximum Gasteiger partial charge on any atom is 0.330 e. The lowest BCUT2D eigenvalue weighted by Gasteiger charge is -2.26. The predicted molar refractivity (Wildman–Crippen MR) is 90.0 cm³/mol. The maximum atomic E-state index is 12.1. The van der Waals surface area contributed by atoms with E-state index in [2.05, 4.69) is 5.32 Å². The second kappa shape index (κ2) is 8.48. The lowest BCUT2D eigenvalue weighted by atomic mass is 10.2. The van der Waals surface area contributed by atoms with E-state index in [1.54, 1.807) is 13.0 Å². The molecule has 0 unspecified atom stereocenters. The lowest BCUT2D eigenvalue weighted by Crippen LogP contribution is -2.40. The van der Waals surface area contributed by atoms with Gasteiger partial charge in [-0.3, -0.25) is 0 Å². The Morgan fingerprint density at radius 1 is 1.27 bits per heavy atom. The zero-order chi connectivity index (χ0) is 15.8. The zero-order valence-electron chi connectivity index (χ0n) is 12.6. The van der Waals surface area contributed by atoms with Crippen LogP contribution in [0.5, 0.6) is 0 Å². The third-order valence-corrected chi connectivity index (χ3v) is 4.10. The number of carbonyl (C=O) groups is 2. The van der Waals surface area contributed by atoms with Crippen molar-refractivity contribution in [2.45, 2.75) is 6.92 Å². The van der Waals surface area contributed by atoms with Gasteiger partial charge in [0, 0.05) is 36.4 Å². The second-order valence-corrected chi connectivity index (χ2v) is 5.96. The fourth-order valence-corrected chi connectivity index (χ4v) is 2.90. The van der Waals surface area contributed by atoms with Crippen LogP contribution in [0.1, 0.15) is 12.5 Å². The minimum absolute atomic E-state index is 0.0601. The van der Waals surface area contributed by atoms with Crippen LogP contribution in [0, 0.1) is 0 Å². The van der Waals surface area contributed by atoms with E-state index in [1.165, 1.54) is 6.08 Å². The van der Waals surface area contributed by atoms with E-state index in [9.17, 15) is 9.59 Å². The van der Waals surface area contributed by atoms with E-state index in [0.29, 0.717) is 6.61 Å². The highest BCUT2D eigenvalue weighted by Gasteiger charge is 2.16. The number of thioether (sulfide) groups is 1. The summed E-state index contributed by atoms with van der Waals surface area (Å²) in [6.07, 6.45) is 3.08. The number of amides is 2. The fourth-order valence-electron chi connectivity index (χ4n) is 2.00. The molecule has 0 aliphatic carbocycles. The SMILES string of the molecule is CCOC(=O)/C=C/c1ccc(NC(=O)N2CCSCC2)cc1. The monoisotopic (exact) mass is 320 g/mol. The molecule has 1 saturated heterocycles. The summed E-state index contributed by atoms with van der Waals surface area (Å²) in [7, 11) is 0. The normalized spacial score (nSPS) is 14.9. The summed E-state index contributed by atoms with van der Waals surface area (Å²) in [5.41, 5.74) is 1.62. The molecular formula is C16H20N2O3S. The minimum atomic E-state index is -0.358. The molecule has 2 rings (SSSR count). The smallest absolute Gasteiger partial charge is 0.330 e. The van der Waals surface area contributed by atoms with Crippen molar-refractivity contribution >= 4 is 35.5 Å². The molecule has 0 spiro atoms. The van der Waals surface area contributed by atoms with Gasteiger partial charge < -0.3 is 15.0 Å². The number of esters is 1. The molecular weight excluding hydrogens is 300 g/mol. The summed E-state index contributed by atoms with van der Waals surface area (Å²) < 4.78 is 4.82. The number of nitrogens with zero attached hydrogens (tertiary/aromatic N) is 1. The Balaban J connectivity index is 1.88. The van der Waals surface area contributed by atoms with Crippen molar-refractivity contribution in [2.75, 3.05) is 36.5 Å². The summed E-state index contributed by atoms with van der Waals surface area (Å²) in [4.78, 5) is 25.1. The Morgan fingerprint density at radius 3 is 2.59 bits per heavy atom. The van der Waals surface area contributed by atoms with Crippen molar-refractivity contribution in [3.05, 3.63) is 35.9 Å². The number of urea groups is 1. The Kier molecular flexibility index (Phi) is 6.33. The molecule has 1 aromatic rings. The van der Waals surface area contributed by atoms with Gasteiger partial charge in [-0.25, -0.2) is 9.59 Å². The average molecular weight is 320 g/mol. The highest BCUT2D eigenvalue weighted by atomic mass is 32.2. The molecule has 0 aromatic heterocycles. The van der Waals surface area contributed by atoms with Gasteiger partial charge in [-0.2, -0.15) is 11.8 Å². The van der Waals surface area contributed by atoms with Gasteiger partial charge in [0.1, 0.15) is 0 Å². The molecule has 6 heteroatoms. The predicted octanol–water partition coefficient (Wildman–Crippen LogP) is 2.84. The summed E-state index contributed by atoms with van der Waals surface area (Å²) in [6.45, 7) is 3.71. The van der Waals surface area contributed by atoms with Gasteiger partial charge in [-0.15, -0.1) is 0 Å². The molecule has 1 N–H and O–H groups in total. The first kappa shape index (κ1) is 16.4. The third kappa shape index (κ3) is 5.11. The largest absolute Gasteiger partial charge is 0.463 e. The molecule has 1 fully saturated rings. The summed E-state index contributed by atoms with van der Waals surface area (Å²) in [5.74, 6) is 1.62. The molecule has 0 atom stereocenters. The van der Waals surface area contributed by atoms with Crippen LogP contribution in [0.3, 0.4) is 0 Å². The molecule has 1 aromatic carbocycles. The summed E-state index contributed by atoms with van der Waals surface area (Å²) >= 11 is 1.87. The van der Waals surface area contributed by atoms with Crippen molar-refractivity contribution in [3.8, 4) is 0 Å². The molecule has 0 radical (unpaired) electrons. The highest BCUT2D eigenvalue weighted by Crippen LogP contribution is 2.14. The fraction of sp³-hybridized carbons (Fsp3) is 0.375. The van der Waals surface area contributed by atoms with E-state index in [1.807, 2.05) is 40.9 Å². The number of ether oxygens (including phenoxy) is 1. The van der Waals surface area contributed by atoms with Crippen molar-refractivity contribution in [3.63, 3.8) is 0 Å². The number of hydrogen-bond acceptors (Lipinski definition) is 4. The highest BCUT2D eigenvalue weighted by molar-refractivity contribution is 7.99. The van der Waals surface area contributed by atoms with Gasteiger partial charge in [0.15, 0.2) is 0 Å². The number of benzene rings is 1. The van der Waals surface area contributed by atoms with Crippen LogP contribution in [0.4, 0.5) is 10.5 Å². The zero-order valence-corrected chi connectivity index (χ0v) is 13.4. The van der Waals surface area contributed by atoms with Crippen LogP contribution < -0.4 is 5.32 Å². The Bertz CT molecular complexity index is 537. The molecule has 0 saturated carbocycles. The van der Waals surface area contributed by atoms with Crippen LogP contribution in [-0.2, 0) is 9.53 Å². The van der Waals surface area contributed by atoms with Crippen LogP contribution in [0.25, 0.3) is 6.08 Å². The van der Waals surface area contributed by atoms with Crippen molar-refractivity contribution in [1.29, 1.82) is 0 Å². The van der Waals surface area contributed by atoms with Crippen LogP contribution in [0.15, 0.2) is 30.3 Å². The van der Waals surface area contributed by atoms with E-state index in [4.69, 9.17) is 4.74 Å². The summed E-state index contributed by atoms with van der Waals surface area (Å²) in [5, 5.41) is 2.89. The first-order valence-electron chi connectivity index (χ1n) is 7.27. The quantitative estimate of drug-likeness (QED) is 0.684. The molecule has 1 heterocycles. The van der Waals surface area contributed by atoms with Gasteiger partial charge >= 0.3 is 12.0 Å². The van der Waals surface area contributed by atoms with Crippen LogP contribution in [0.2, 0.25) is 0 Å². The van der Waals surface area contributed by atoms with Crippen molar-refractivity contribution < 1.29 is 14.3 Å². The van der Waals surface area contributed by atoms with Crippen LogP contribution >= 0.6 is 11.8 Å². The number of rotatable bonds is 4. The Labute approximate surface area is 134 Å². The van der Waals surface area contributed by atoms with Gasteiger partial charge in [0.25, 0.3) is 0 Å². The molecule has 22 heavy (non-hydrogen) atoms. The number of carbonyl (C=O) groups excluding carboxylic acids is 2. The van der Waals surface area contributed by atoms with Gasteiger partial charge in [-0.05, 0) is 30.7 Å². The lowest BCUT2D eigenvalue weighted by molar-refractivity contribution is -0.137. The van der Waals surface area contributed by atoms with Crippen molar-refractivity contribution in [2.24, 2.45) is 0 Å². The molecule has 5 nitrogen and oxygen atoms in total. The molecule has 1 aliphatic rings. The average Bonchev–Trinajstić information content (AvgIpc) is 2.55. The Hall–Kier alpha value is -1.95. The molecule has 1 aliphatic heterocycles. The van der Waals surface area contributed by atoms with Crippen molar-refractivity contribution in [1.82, 2.24) is 4.90 Å². The third-order valence-electron chi connectivity index (χ3n) is 3.16. The van der Waals surface area contributed by atoms with Gasteiger partial charge in [0.2, 0.25) is 0 Å². The summed E-state index contributed by atoms with van der Waals surface area (Å²) in [6, 6.07) is 7.27. The van der Waals surface area contributed by atoms with E-state index in [0.717, 1.165) is 35.8 Å². The first-order chi connectivity index (χ1) is 10.7. The van der Waals surface area contributed by atoms with Crippen LogP contribution in [-0.4, -0.2) is 48.1 Å². The maximum absolute atomic E-state index is 12.1. The number of nitrogens with one attached hydrogen (secondary N) is 1.